The number of fused-ring (bicyclic) bond motifs is 2. The van der Waals surface area contributed by atoms with Crippen LogP contribution in [-0.4, -0.2) is 28.5 Å². The molecule has 0 saturated carbocycles. The lowest BCUT2D eigenvalue weighted by atomic mass is 10.1. The summed E-state index contributed by atoms with van der Waals surface area (Å²) in [6.07, 6.45) is 1.47. The smallest absolute Gasteiger partial charge is 0.270 e. The van der Waals surface area contributed by atoms with Crippen LogP contribution in [-0.2, 0) is 16.6 Å². The van der Waals surface area contributed by atoms with Crippen molar-refractivity contribution in [2.45, 2.75) is 18.4 Å². The SMILES string of the molecule is C=C1Nc2cc(C(=O)NCc3nnc(C)s3)ccc2S(=O)(=O)n2cccc21. The van der Waals surface area contributed by atoms with E-state index in [1.807, 2.05) is 6.92 Å². The van der Waals surface area contributed by atoms with Gasteiger partial charge < -0.3 is 10.6 Å². The third kappa shape index (κ3) is 3.02. The average molecular weight is 401 g/mol. The molecule has 3 aromatic rings. The summed E-state index contributed by atoms with van der Waals surface area (Å²) in [5.41, 5.74) is 1.52. The molecule has 1 aliphatic heterocycles. The second-order valence-corrected chi connectivity index (χ2v) is 8.96. The lowest BCUT2D eigenvalue weighted by molar-refractivity contribution is 0.0950. The molecule has 0 unspecified atom stereocenters. The van der Waals surface area contributed by atoms with E-state index >= 15 is 0 Å². The number of amides is 1. The average Bonchev–Trinajstić information content (AvgIpc) is 3.27. The quantitative estimate of drug-likeness (QED) is 0.697. The molecule has 0 saturated heterocycles. The van der Waals surface area contributed by atoms with Crippen molar-refractivity contribution in [2.75, 3.05) is 5.32 Å². The van der Waals surface area contributed by atoms with Gasteiger partial charge in [-0.3, -0.25) is 4.79 Å². The Morgan fingerprint density at radius 3 is 2.89 bits per heavy atom. The Labute approximate surface area is 159 Å². The van der Waals surface area contributed by atoms with Gasteiger partial charge in [-0.2, -0.15) is 0 Å². The van der Waals surface area contributed by atoms with E-state index in [1.165, 1.54) is 39.7 Å². The van der Waals surface area contributed by atoms with Crippen LogP contribution in [0.3, 0.4) is 0 Å². The third-order valence-electron chi connectivity index (χ3n) is 4.05. The fourth-order valence-electron chi connectivity index (χ4n) is 2.80. The summed E-state index contributed by atoms with van der Waals surface area (Å²) in [6, 6.07) is 7.71. The zero-order valence-corrected chi connectivity index (χ0v) is 15.9. The molecular formula is C17H15N5O3S2. The van der Waals surface area contributed by atoms with Gasteiger partial charge in [0.25, 0.3) is 15.9 Å². The Bertz CT molecular complexity index is 1180. The first kappa shape index (κ1) is 17.4. The van der Waals surface area contributed by atoms with Gasteiger partial charge in [0.15, 0.2) is 0 Å². The summed E-state index contributed by atoms with van der Waals surface area (Å²) in [5.74, 6) is -0.334. The third-order valence-corrected chi connectivity index (χ3v) is 6.64. The molecule has 0 fully saturated rings. The number of aromatic nitrogens is 3. The largest absolute Gasteiger partial charge is 0.353 e. The fraction of sp³-hybridized carbons (Fsp3) is 0.118. The number of hydrogen-bond donors (Lipinski definition) is 2. The molecule has 1 aliphatic rings. The number of carbonyl (C=O) groups excluding carboxylic acids is 1. The Hall–Kier alpha value is -2.98. The Balaban J connectivity index is 1.64. The summed E-state index contributed by atoms with van der Waals surface area (Å²) in [4.78, 5) is 12.5. The minimum Gasteiger partial charge on any atom is -0.353 e. The molecule has 138 valence electrons. The second-order valence-electron chi connectivity index (χ2n) is 5.91. The van der Waals surface area contributed by atoms with E-state index in [0.717, 1.165) is 5.01 Å². The Morgan fingerprint density at radius 1 is 1.33 bits per heavy atom. The highest BCUT2D eigenvalue weighted by Gasteiger charge is 2.28. The standard InChI is InChI=1S/C17H15N5O3S2/c1-10-14-4-3-7-22(14)27(24,25)15-6-5-12(8-13(15)19-10)17(23)18-9-16-21-20-11(2)26-16/h3-8,19H,1,9H2,2H3,(H,18,23). The maximum atomic E-state index is 12.9. The first-order chi connectivity index (χ1) is 12.9. The van der Waals surface area contributed by atoms with Gasteiger partial charge in [-0.1, -0.05) is 17.9 Å². The molecule has 10 heteroatoms. The number of nitrogens with zero attached hydrogens (tertiary/aromatic N) is 3. The molecule has 0 bridgehead atoms. The molecule has 0 radical (unpaired) electrons. The van der Waals surface area contributed by atoms with E-state index < -0.39 is 10.0 Å². The number of nitrogens with one attached hydrogen (secondary N) is 2. The van der Waals surface area contributed by atoms with Crippen molar-refractivity contribution in [1.29, 1.82) is 0 Å². The summed E-state index contributed by atoms with van der Waals surface area (Å²) in [6.45, 7) is 5.99. The maximum Gasteiger partial charge on any atom is 0.270 e. The Kier molecular flexibility index (Phi) is 4.08. The van der Waals surface area contributed by atoms with Gasteiger partial charge in [-0.05, 0) is 37.3 Å². The van der Waals surface area contributed by atoms with Crippen molar-refractivity contribution in [3.05, 3.63) is 64.4 Å². The second kappa shape index (κ2) is 6.32. The molecule has 27 heavy (non-hydrogen) atoms. The zero-order chi connectivity index (χ0) is 19.2. The molecule has 2 N–H and O–H groups in total. The van der Waals surface area contributed by atoms with Gasteiger partial charge in [0, 0.05) is 11.8 Å². The molecule has 2 aromatic heterocycles. The highest BCUT2D eigenvalue weighted by atomic mass is 32.2. The van der Waals surface area contributed by atoms with Crippen LogP contribution < -0.4 is 10.6 Å². The van der Waals surface area contributed by atoms with E-state index in [0.29, 0.717) is 27.6 Å². The van der Waals surface area contributed by atoms with E-state index in [4.69, 9.17) is 0 Å². The molecule has 0 spiro atoms. The number of hydrogen-bond acceptors (Lipinski definition) is 7. The minimum atomic E-state index is -3.78. The molecule has 8 nitrogen and oxygen atoms in total. The number of benzene rings is 1. The molecule has 0 aliphatic carbocycles. The van der Waals surface area contributed by atoms with E-state index in [2.05, 4.69) is 27.4 Å². The summed E-state index contributed by atoms with van der Waals surface area (Å²) in [5, 5.41) is 15.1. The van der Waals surface area contributed by atoms with E-state index in [-0.39, 0.29) is 17.3 Å². The van der Waals surface area contributed by atoms with Crippen molar-refractivity contribution in [1.82, 2.24) is 19.5 Å². The van der Waals surface area contributed by atoms with E-state index in [1.54, 1.807) is 12.1 Å². The molecule has 4 rings (SSSR count). The fourth-order valence-corrected chi connectivity index (χ4v) is 4.95. The first-order valence-corrected chi connectivity index (χ1v) is 10.2. The van der Waals surface area contributed by atoms with Crippen LogP contribution in [0.2, 0.25) is 0 Å². The lowest BCUT2D eigenvalue weighted by Gasteiger charge is -2.10. The molecule has 0 atom stereocenters. The summed E-state index contributed by atoms with van der Waals surface area (Å²) < 4.78 is 26.9. The van der Waals surface area contributed by atoms with Crippen LogP contribution in [0.25, 0.3) is 5.70 Å². The molecule has 1 aromatic carbocycles. The highest BCUT2D eigenvalue weighted by molar-refractivity contribution is 7.90. The van der Waals surface area contributed by atoms with Crippen molar-refractivity contribution in [3.63, 3.8) is 0 Å². The van der Waals surface area contributed by atoms with Crippen LogP contribution in [0.1, 0.15) is 26.1 Å². The van der Waals surface area contributed by atoms with Crippen LogP contribution in [0.15, 0.2) is 48.0 Å². The number of aryl methyl sites for hydroxylation is 1. The van der Waals surface area contributed by atoms with Crippen LogP contribution in [0, 0.1) is 6.92 Å². The van der Waals surface area contributed by atoms with E-state index in [9.17, 15) is 13.2 Å². The van der Waals surface area contributed by atoms with Crippen molar-refractivity contribution >= 4 is 38.7 Å². The van der Waals surface area contributed by atoms with Crippen molar-refractivity contribution < 1.29 is 13.2 Å². The summed E-state index contributed by atoms with van der Waals surface area (Å²) in [7, 11) is -3.78. The van der Waals surface area contributed by atoms with Crippen molar-refractivity contribution in [3.8, 4) is 0 Å². The normalized spacial score (nSPS) is 14.6. The van der Waals surface area contributed by atoms with Crippen LogP contribution in [0.4, 0.5) is 5.69 Å². The molecular weight excluding hydrogens is 386 g/mol. The number of carbonyl (C=O) groups is 1. The van der Waals surface area contributed by atoms with Crippen LogP contribution in [0.5, 0.6) is 0 Å². The van der Waals surface area contributed by atoms with Gasteiger partial charge in [0.1, 0.15) is 14.9 Å². The highest BCUT2D eigenvalue weighted by Crippen LogP contribution is 2.33. The van der Waals surface area contributed by atoms with Gasteiger partial charge >= 0.3 is 0 Å². The number of anilines is 1. The van der Waals surface area contributed by atoms with Gasteiger partial charge in [0.2, 0.25) is 0 Å². The lowest BCUT2D eigenvalue weighted by Crippen LogP contribution is -2.23. The van der Waals surface area contributed by atoms with Crippen LogP contribution >= 0.6 is 11.3 Å². The zero-order valence-electron chi connectivity index (χ0n) is 14.3. The predicted octanol–water partition coefficient (Wildman–Crippen LogP) is 2.21. The monoisotopic (exact) mass is 401 g/mol. The maximum absolute atomic E-state index is 12.9. The van der Waals surface area contributed by atoms with Gasteiger partial charge in [-0.15, -0.1) is 10.2 Å². The number of rotatable bonds is 3. The predicted molar refractivity (Wildman–Crippen MR) is 102 cm³/mol. The van der Waals surface area contributed by atoms with Crippen molar-refractivity contribution in [2.24, 2.45) is 0 Å². The summed E-state index contributed by atoms with van der Waals surface area (Å²) >= 11 is 1.40. The molecule has 1 amide bonds. The topological polar surface area (TPSA) is 106 Å². The first-order valence-electron chi connectivity index (χ1n) is 7.97. The minimum absolute atomic E-state index is 0.0786. The Morgan fingerprint density at radius 2 is 2.15 bits per heavy atom. The molecule has 3 heterocycles. The van der Waals surface area contributed by atoms with Gasteiger partial charge in [0.05, 0.1) is 23.6 Å². The van der Waals surface area contributed by atoms with Gasteiger partial charge in [-0.25, -0.2) is 12.4 Å².